The van der Waals surface area contributed by atoms with Crippen molar-refractivity contribution in [1.82, 2.24) is 14.9 Å². The summed E-state index contributed by atoms with van der Waals surface area (Å²) < 4.78 is 19.8. The second-order valence-electron chi connectivity index (χ2n) is 6.44. The van der Waals surface area contributed by atoms with Gasteiger partial charge in [0.1, 0.15) is 5.75 Å². The number of ether oxygens (including phenoxy) is 1. The van der Waals surface area contributed by atoms with Gasteiger partial charge in [-0.1, -0.05) is 6.07 Å². The fourth-order valence-electron chi connectivity index (χ4n) is 3.00. The topological polar surface area (TPSA) is 58.6 Å². The Bertz CT molecular complexity index is 987. The lowest BCUT2D eigenvalue weighted by atomic mass is 10.2. The van der Waals surface area contributed by atoms with E-state index in [1.807, 2.05) is 5.38 Å². The first-order valence-electron chi connectivity index (χ1n) is 9.18. The normalized spacial score (nSPS) is 14.4. The van der Waals surface area contributed by atoms with Gasteiger partial charge in [-0.25, -0.2) is 9.37 Å². The van der Waals surface area contributed by atoms with Crippen molar-refractivity contribution >= 4 is 28.5 Å². The van der Waals surface area contributed by atoms with Crippen LogP contribution in [0.4, 0.5) is 9.52 Å². The van der Waals surface area contributed by atoms with E-state index in [0.29, 0.717) is 24.4 Å². The molecule has 4 rings (SSSR count). The van der Waals surface area contributed by atoms with Crippen LogP contribution >= 0.6 is 11.3 Å². The number of aromatic nitrogens is 2. The molecule has 1 aliphatic rings. The van der Waals surface area contributed by atoms with Crippen LogP contribution in [-0.2, 0) is 4.79 Å². The van der Waals surface area contributed by atoms with Crippen molar-refractivity contribution in [1.29, 1.82) is 0 Å². The van der Waals surface area contributed by atoms with Crippen molar-refractivity contribution in [3.8, 4) is 11.5 Å². The molecule has 2 aromatic heterocycles. The number of nitrogens with zero attached hydrogens (tertiary/aromatic N) is 4. The van der Waals surface area contributed by atoms with Crippen LogP contribution in [0.2, 0.25) is 0 Å². The molecule has 0 radical (unpaired) electrons. The van der Waals surface area contributed by atoms with Crippen LogP contribution in [0, 0.1) is 5.82 Å². The third-order valence-electron chi connectivity index (χ3n) is 4.52. The molecule has 0 spiro atoms. The molecule has 0 bridgehead atoms. The summed E-state index contributed by atoms with van der Waals surface area (Å²) in [6.07, 6.45) is 8.02. The van der Waals surface area contributed by atoms with E-state index in [-0.39, 0.29) is 11.7 Å². The lowest BCUT2D eigenvalue weighted by Gasteiger charge is -2.34. The molecule has 0 unspecified atom stereocenters. The van der Waals surface area contributed by atoms with Gasteiger partial charge in [0.25, 0.3) is 0 Å². The summed E-state index contributed by atoms with van der Waals surface area (Å²) in [4.78, 5) is 24.6. The fourth-order valence-corrected chi connectivity index (χ4v) is 3.70. The van der Waals surface area contributed by atoms with Crippen LogP contribution in [0.25, 0.3) is 6.08 Å². The first-order valence-corrected chi connectivity index (χ1v) is 10.1. The second-order valence-corrected chi connectivity index (χ2v) is 7.31. The third kappa shape index (κ3) is 4.78. The molecule has 1 amide bonds. The quantitative estimate of drug-likeness (QED) is 0.599. The minimum Gasteiger partial charge on any atom is -0.453 e. The van der Waals surface area contributed by atoms with Gasteiger partial charge in [-0.3, -0.25) is 9.78 Å². The summed E-state index contributed by atoms with van der Waals surface area (Å²) in [7, 11) is 0. The lowest BCUT2D eigenvalue weighted by molar-refractivity contribution is -0.126. The maximum absolute atomic E-state index is 14.3. The van der Waals surface area contributed by atoms with Crippen molar-refractivity contribution in [2.45, 2.75) is 0 Å². The number of carbonyl (C=O) groups is 1. The zero-order valence-electron chi connectivity index (χ0n) is 15.6. The summed E-state index contributed by atoms with van der Waals surface area (Å²) in [5.41, 5.74) is 0.593. The Labute approximate surface area is 171 Å². The first-order chi connectivity index (χ1) is 14.2. The number of piperazine rings is 1. The van der Waals surface area contributed by atoms with E-state index in [1.165, 1.54) is 18.3 Å². The van der Waals surface area contributed by atoms with Crippen LogP contribution in [-0.4, -0.2) is 47.0 Å². The first kappa shape index (κ1) is 19.1. The Morgan fingerprint density at radius 2 is 2.03 bits per heavy atom. The minimum absolute atomic E-state index is 0.0834. The smallest absolute Gasteiger partial charge is 0.246 e. The molecule has 3 heterocycles. The molecule has 1 saturated heterocycles. The van der Waals surface area contributed by atoms with Crippen LogP contribution < -0.4 is 9.64 Å². The predicted octanol–water partition coefficient (Wildman–Crippen LogP) is 3.83. The highest BCUT2D eigenvalue weighted by molar-refractivity contribution is 7.13. The van der Waals surface area contributed by atoms with Gasteiger partial charge in [-0.2, -0.15) is 0 Å². The maximum atomic E-state index is 14.3. The summed E-state index contributed by atoms with van der Waals surface area (Å²) in [5.74, 6) is -0.0121. The molecule has 29 heavy (non-hydrogen) atoms. The Morgan fingerprint density at radius 1 is 1.17 bits per heavy atom. The lowest BCUT2D eigenvalue weighted by Crippen LogP contribution is -2.48. The van der Waals surface area contributed by atoms with E-state index in [4.69, 9.17) is 4.74 Å². The molecule has 1 aliphatic heterocycles. The summed E-state index contributed by atoms with van der Waals surface area (Å²) in [6.45, 7) is 2.77. The number of carbonyl (C=O) groups excluding carboxylic acids is 1. The van der Waals surface area contributed by atoms with Gasteiger partial charge < -0.3 is 14.5 Å². The number of pyridine rings is 1. The Hall–Kier alpha value is -3.26. The van der Waals surface area contributed by atoms with E-state index in [0.717, 1.165) is 18.2 Å². The summed E-state index contributed by atoms with van der Waals surface area (Å²) in [6, 6.07) is 8.01. The van der Waals surface area contributed by atoms with Gasteiger partial charge in [0, 0.05) is 50.0 Å². The van der Waals surface area contributed by atoms with Gasteiger partial charge in [-0.05, 0) is 35.9 Å². The van der Waals surface area contributed by atoms with Crippen LogP contribution in [0.15, 0.2) is 60.4 Å². The third-order valence-corrected chi connectivity index (χ3v) is 5.35. The van der Waals surface area contributed by atoms with Gasteiger partial charge in [0.2, 0.25) is 5.91 Å². The number of amides is 1. The number of thiazole rings is 1. The average molecular weight is 410 g/mol. The Balaban J connectivity index is 1.34. The van der Waals surface area contributed by atoms with E-state index in [9.17, 15) is 9.18 Å². The van der Waals surface area contributed by atoms with E-state index in [2.05, 4.69) is 14.9 Å². The van der Waals surface area contributed by atoms with Crippen LogP contribution in [0.3, 0.4) is 0 Å². The number of benzene rings is 1. The van der Waals surface area contributed by atoms with Gasteiger partial charge in [-0.15, -0.1) is 11.3 Å². The monoisotopic (exact) mass is 410 g/mol. The van der Waals surface area contributed by atoms with E-state index in [1.54, 1.807) is 59.0 Å². The van der Waals surface area contributed by atoms with Crippen molar-refractivity contribution < 1.29 is 13.9 Å². The zero-order chi connectivity index (χ0) is 20.1. The maximum Gasteiger partial charge on any atom is 0.246 e. The summed E-state index contributed by atoms with van der Waals surface area (Å²) in [5, 5.41) is 2.93. The summed E-state index contributed by atoms with van der Waals surface area (Å²) >= 11 is 1.60. The SMILES string of the molecule is O=C(/C=C/c1ccc(Oc2cccnc2)c(F)c1)N1CCN(c2nccs2)CC1. The molecular weight excluding hydrogens is 391 g/mol. The van der Waals surface area contributed by atoms with Crippen molar-refractivity contribution in [2.24, 2.45) is 0 Å². The fraction of sp³-hybridized carbons (Fsp3) is 0.190. The van der Waals surface area contributed by atoms with Crippen LogP contribution in [0.5, 0.6) is 11.5 Å². The average Bonchev–Trinajstić information content (AvgIpc) is 3.30. The molecule has 0 aliphatic carbocycles. The number of anilines is 1. The van der Waals surface area contributed by atoms with Gasteiger partial charge in [0.05, 0.1) is 6.20 Å². The van der Waals surface area contributed by atoms with E-state index >= 15 is 0 Å². The van der Waals surface area contributed by atoms with Gasteiger partial charge in [0.15, 0.2) is 16.7 Å². The van der Waals surface area contributed by atoms with Crippen molar-refractivity contribution in [2.75, 3.05) is 31.1 Å². The number of halogens is 1. The molecule has 1 fully saturated rings. The molecule has 8 heteroatoms. The zero-order valence-corrected chi connectivity index (χ0v) is 16.4. The van der Waals surface area contributed by atoms with E-state index < -0.39 is 5.82 Å². The highest BCUT2D eigenvalue weighted by Crippen LogP contribution is 2.25. The molecule has 1 aromatic carbocycles. The minimum atomic E-state index is -0.500. The second kappa shape index (κ2) is 8.83. The van der Waals surface area contributed by atoms with Gasteiger partial charge >= 0.3 is 0 Å². The largest absolute Gasteiger partial charge is 0.453 e. The highest BCUT2D eigenvalue weighted by Gasteiger charge is 2.20. The van der Waals surface area contributed by atoms with Crippen molar-refractivity contribution in [3.05, 3.63) is 71.8 Å². The number of hydrogen-bond donors (Lipinski definition) is 0. The molecular formula is C21H19FN4O2S. The molecule has 0 atom stereocenters. The highest BCUT2D eigenvalue weighted by atomic mass is 32.1. The standard InChI is InChI=1S/C21H19FN4O2S/c22-18-14-16(3-5-19(18)28-17-2-1-7-23-15-17)4-6-20(27)25-9-11-26(12-10-25)21-24-8-13-29-21/h1-8,13-15H,9-12H2/b6-4+. The molecule has 148 valence electrons. The predicted molar refractivity (Wildman–Crippen MR) is 111 cm³/mol. The van der Waals surface area contributed by atoms with Crippen LogP contribution in [0.1, 0.15) is 5.56 Å². The number of rotatable bonds is 5. The molecule has 3 aromatic rings. The molecule has 0 N–H and O–H groups in total. The Kier molecular flexibility index (Phi) is 5.81. The Morgan fingerprint density at radius 3 is 2.72 bits per heavy atom. The van der Waals surface area contributed by atoms with Crippen molar-refractivity contribution in [3.63, 3.8) is 0 Å². The molecule has 6 nitrogen and oxygen atoms in total. The number of hydrogen-bond acceptors (Lipinski definition) is 6. The molecule has 0 saturated carbocycles.